The predicted octanol–water partition coefficient (Wildman–Crippen LogP) is 2.11. The van der Waals surface area contributed by atoms with E-state index >= 15 is 0 Å². The van der Waals surface area contributed by atoms with Crippen LogP contribution in [0.15, 0.2) is 6.07 Å². The number of hydrogen-bond acceptors (Lipinski definition) is 4. The molecule has 7 heteroatoms. The van der Waals surface area contributed by atoms with Gasteiger partial charge < -0.3 is 0 Å². The Hall–Kier alpha value is -1.20. The van der Waals surface area contributed by atoms with Gasteiger partial charge >= 0.3 is 0 Å². The monoisotopic (exact) mass is 220 g/mol. The van der Waals surface area contributed by atoms with Gasteiger partial charge in [0.15, 0.2) is 6.29 Å². The number of pyridine rings is 1. The third-order valence-electron chi connectivity index (χ3n) is 1.27. The highest BCUT2D eigenvalue weighted by molar-refractivity contribution is 6.34. The van der Waals surface area contributed by atoms with E-state index in [4.69, 9.17) is 23.2 Å². The quantitative estimate of drug-likeness (QED) is 0.331. The van der Waals surface area contributed by atoms with E-state index in [0.717, 1.165) is 6.07 Å². The Labute approximate surface area is 82.4 Å². The molecule has 0 N–H and O–H groups in total. The minimum atomic E-state index is -0.747. The normalized spacial score (nSPS) is 9.69. The Balaban J connectivity index is 3.46. The molecule has 0 aliphatic carbocycles. The zero-order valence-electron chi connectivity index (χ0n) is 6.03. The second-order valence-corrected chi connectivity index (χ2v) is 2.79. The van der Waals surface area contributed by atoms with Crippen molar-refractivity contribution in [3.8, 4) is 0 Å². The number of carbonyl (C=O) groups excluding carboxylic acids is 1. The van der Waals surface area contributed by atoms with Gasteiger partial charge in [0, 0.05) is 0 Å². The van der Waals surface area contributed by atoms with Gasteiger partial charge in [0.1, 0.15) is 15.9 Å². The molecule has 1 aromatic heterocycles. The Morgan fingerprint density at radius 2 is 2.15 bits per heavy atom. The molecule has 0 radical (unpaired) electrons. The number of hydrogen-bond donors (Lipinski definition) is 0. The summed E-state index contributed by atoms with van der Waals surface area (Å²) in [6.45, 7) is 0. The highest BCUT2D eigenvalue weighted by Crippen LogP contribution is 2.25. The van der Waals surface area contributed by atoms with Crippen LogP contribution >= 0.6 is 23.2 Å². The molecule has 0 fully saturated rings. The summed E-state index contributed by atoms with van der Waals surface area (Å²) in [4.78, 5) is 23.5. The first kappa shape index (κ1) is 9.88. The molecule has 0 aromatic carbocycles. The first-order chi connectivity index (χ1) is 6.06. The van der Waals surface area contributed by atoms with Crippen LogP contribution in [-0.2, 0) is 0 Å². The Morgan fingerprint density at radius 3 is 2.62 bits per heavy atom. The Kier molecular flexibility index (Phi) is 2.79. The van der Waals surface area contributed by atoms with Crippen LogP contribution in [0.3, 0.4) is 0 Å². The van der Waals surface area contributed by atoms with E-state index in [-0.39, 0.29) is 22.2 Å². The van der Waals surface area contributed by atoms with E-state index in [1.54, 1.807) is 0 Å². The van der Waals surface area contributed by atoms with Crippen LogP contribution in [0, 0.1) is 10.1 Å². The van der Waals surface area contributed by atoms with Crippen molar-refractivity contribution in [2.45, 2.75) is 0 Å². The molecule has 1 heterocycles. The third-order valence-corrected chi connectivity index (χ3v) is 1.76. The summed E-state index contributed by atoms with van der Waals surface area (Å²) in [7, 11) is 0. The molecular formula is C6H2Cl2N2O3. The van der Waals surface area contributed by atoms with E-state index < -0.39 is 10.6 Å². The van der Waals surface area contributed by atoms with Crippen molar-refractivity contribution in [2.75, 3.05) is 0 Å². The van der Waals surface area contributed by atoms with Crippen LogP contribution in [-0.4, -0.2) is 16.2 Å². The van der Waals surface area contributed by atoms with E-state index in [9.17, 15) is 14.9 Å². The second-order valence-electron chi connectivity index (χ2n) is 2.04. The summed E-state index contributed by atoms with van der Waals surface area (Å²) in [6.07, 6.45) is 0.268. The van der Waals surface area contributed by atoms with Crippen molar-refractivity contribution in [2.24, 2.45) is 0 Å². The molecule has 0 bridgehead atoms. The lowest BCUT2D eigenvalue weighted by Crippen LogP contribution is -1.97. The van der Waals surface area contributed by atoms with Crippen LogP contribution in [0.25, 0.3) is 0 Å². The molecule has 0 aliphatic rings. The fourth-order valence-electron chi connectivity index (χ4n) is 0.743. The Bertz CT molecular complexity index is 380. The lowest BCUT2D eigenvalue weighted by atomic mass is 10.2. The van der Waals surface area contributed by atoms with Crippen molar-refractivity contribution < 1.29 is 9.72 Å². The Morgan fingerprint density at radius 1 is 1.54 bits per heavy atom. The van der Waals surface area contributed by atoms with Crippen LogP contribution in [0.4, 0.5) is 5.69 Å². The molecule has 1 rings (SSSR count). The zero-order chi connectivity index (χ0) is 10.0. The van der Waals surface area contributed by atoms with Gasteiger partial charge in [-0.25, -0.2) is 4.98 Å². The summed E-state index contributed by atoms with van der Waals surface area (Å²) < 4.78 is 0. The lowest BCUT2D eigenvalue weighted by molar-refractivity contribution is -0.385. The number of nitro groups is 1. The second kappa shape index (κ2) is 3.68. The largest absolute Gasteiger partial charge is 0.297 e. The molecule has 0 aliphatic heterocycles. The average molecular weight is 221 g/mol. The highest BCUT2D eigenvalue weighted by atomic mass is 35.5. The summed E-state index contributed by atoms with van der Waals surface area (Å²) in [5.74, 6) is 0. The van der Waals surface area contributed by atoms with Crippen LogP contribution in [0.2, 0.25) is 10.3 Å². The van der Waals surface area contributed by atoms with Gasteiger partial charge in [-0.15, -0.1) is 0 Å². The number of aromatic nitrogens is 1. The van der Waals surface area contributed by atoms with E-state index in [2.05, 4.69) is 4.98 Å². The summed E-state index contributed by atoms with van der Waals surface area (Å²) >= 11 is 10.9. The van der Waals surface area contributed by atoms with Crippen LogP contribution in [0.1, 0.15) is 10.4 Å². The van der Waals surface area contributed by atoms with Gasteiger partial charge in [-0.3, -0.25) is 14.9 Å². The number of halogens is 2. The highest BCUT2D eigenvalue weighted by Gasteiger charge is 2.18. The van der Waals surface area contributed by atoms with Crippen LogP contribution in [0.5, 0.6) is 0 Å². The summed E-state index contributed by atoms with van der Waals surface area (Å²) in [5, 5.41) is 9.99. The first-order valence-electron chi connectivity index (χ1n) is 3.02. The standard InChI is InChI=1S/C6H2Cl2N2O3/c7-5-1-4(10(12)13)3(2-11)6(8)9-5/h1-2H. The zero-order valence-corrected chi connectivity index (χ0v) is 7.54. The molecule has 0 saturated carbocycles. The van der Waals surface area contributed by atoms with Gasteiger partial charge in [0.2, 0.25) is 0 Å². The van der Waals surface area contributed by atoms with Gasteiger partial charge in [0.25, 0.3) is 5.69 Å². The number of rotatable bonds is 2. The van der Waals surface area contributed by atoms with Crippen molar-refractivity contribution in [1.82, 2.24) is 4.98 Å². The fraction of sp³-hybridized carbons (Fsp3) is 0. The number of carbonyl (C=O) groups is 1. The maximum Gasteiger partial charge on any atom is 0.286 e. The number of nitrogens with zero attached hydrogens (tertiary/aromatic N) is 2. The van der Waals surface area contributed by atoms with Crippen molar-refractivity contribution >= 4 is 35.2 Å². The minimum Gasteiger partial charge on any atom is -0.297 e. The number of aldehydes is 1. The van der Waals surface area contributed by atoms with Gasteiger partial charge in [-0.1, -0.05) is 23.2 Å². The lowest BCUT2D eigenvalue weighted by Gasteiger charge is -1.97. The SMILES string of the molecule is O=Cc1c([N+](=O)[O-])cc(Cl)nc1Cl. The smallest absolute Gasteiger partial charge is 0.286 e. The van der Waals surface area contributed by atoms with Gasteiger partial charge in [-0.2, -0.15) is 0 Å². The maximum atomic E-state index is 10.4. The molecule has 0 atom stereocenters. The maximum absolute atomic E-state index is 10.4. The summed E-state index contributed by atoms with van der Waals surface area (Å²) in [5.41, 5.74) is -0.712. The molecule has 13 heavy (non-hydrogen) atoms. The summed E-state index contributed by atoms with van der Waals surface area (Å²) in [6, 6.07) is 0.969. The minimum absolute atomic E-state index is 0.123. The van der Waals surface area contributed by atoms with Gasteiger partial charge in [0.05, 0.1) is 11.0 Å². The van der Waals surface area contributed by atoms with E-state index in [1.807, 2.05) is 0 Å². The van der Waals surface area contributed by atoms with Crippen molar-refractivity contribution in [3.63, 3.8) is 0 Å². The topological polar surface area (TPSA) is 73.1 Å². The molecule has 0 unspecified atom stereocenters. The van der Waals surface area contributed by atoms with E-state index in [1.165, 1.54) is 0 Å². The predicted molar refractivity (Wildman–Crippen MR) is 46.3 cm³/mol. The van der Waals surface area contributed by atoms with Gasteiger partial charge in [-0.05, 0) is 0 Å². The third kappa shape index (κ3) is 1.93. The molecule has 5 nitrogen and oxygen atoms in total. The average Bonchev–Trinajstić information content (AvgIpc) is 2.02. The van der Waals surface area contributed by atoms with Crippen molar-refractivity contribution in [1.29, 1.82) is 0 Å². The fourth-order valence-corrected chi connectivity index (χ4v) is 1.21. The molecule has 1 aromatic rings. The van der Waals surface area contributed by atoms with E-state index in [0.29, 0.717) is 0 Å². The molecular weight excluding hydrogens is 219 g/mol. The first-order valence-corrected chi connectivity index (χ1v) is 3.77. The molecule has 0 saturated heterocycles. The molecule has 68 valence electrons. The van der Waals surface area contributed by atoms with Crippen molar-refractivity contribution in [3.05, 3.63) is 32.1 Å². The van der Waals surface area contributed by atoms with Crippen LogP contribution < -0.4 is 0 Å². The molecule has 0 amide bonds. The molecule has 0 spiro atoms.